The van der Waals surface area contributed by atoms with Crippen LogP contribution in [-0.2, 0) is 4.74 Å². The molecule has 0 radical (unpaired) electrons. The minimum Gasteiger partial charge on any atom is -0.379 e. The predicted molar refractivity (Wildman–Crippen MR) is 61.6 cm³/mol. The summed E-state index contributed by atoms with van der Waals surface area (Å²) in [7, 11) is 0. The van der Waals surface area contributed by atoms with Crippen molar-refractivity contribution in [2.24, 2.45) is 5.73 Å². The lowest BCUT2D eigenvalue weighted by Crippen LogP contribution is -2.17. The Morgan fingerprint density at radius 1 is 1.47 bits per heavy atom. The van der Waals surface area contributed by atoms with E-state index in [2.05, 4.69) is 4.98 Å². The van der Waals surface area contributed by atoms with E-state index in [1.165, 1.54) is 0 Å². The van der Waals surface area contributed by atoms with Gasteiger partial charge in [0.2, 0.25) is 0 Å². The van der Waals surface area contributed by atoms with Crippen LogP contribution in [0.4, 0.5) is 0 Å². The molecule has 0 bridgehead atoms. The van der Waals surface area contributed by atoms with E-state index < -0.39 is 0 Å². The van der Waals surface area contributed by atoms with Crippen molar-refractivity contribution in [3.05, 3.63) is 29.6 Å². The SMILES string of the molecule is Cc1cccnc1C(N)CCOC(C)C. The van der Waals surface area contributed by atoms with Crippen LogP contribution >= 0.6 is 0 Å². The molecule has 84 valence electrons. The summed E-state index contributed by atoms with van der Waals surface area (Å²) in [4.78, 5) is 4.30. The molecule has 0 aliphatic carbocycles. The Hall–Kier alpha value is -0.930. The standard InChI is InChI=1S/C12H20N2O/c1-9(2)15-8-6-11(13)12-10(3)5-4-7-14-12/h4-5,7,9,11H,6,8,13H2,1-3H3. The summed E-state index contributed by atoms with van der Waals surface area (Å²) < 4.78 is 5.47. The highest BCUT2D eigenvalue weighted by Gasteiger charge is 2.09. The first-order valence-corrected chi connectivity index (χ1v) is 5.40. The Kier molecular flexibility index (Phi) is 4.72. The third kappa shape index (κ3) is 3.98. The van der Waals surface area contributed by atoms with Gasteiger partial charge in [-0.2, -0.15) is 0 Å². The topological polar surface area (TPSA) is 48.1 Å². The van der Waals surface area contributed by atoms with E-state index >= 15 is 0 Å². The zero-order valence-corrected chi connectivity index (χ0v) is 9.73. The van der Waals surface area contributed by atoms with Crippen LogP contribution < -0.4 is 5.73 Å². The second-order valence-corrected chi connectivity index (χ2v) is 4.02. The van der Waals surface area contributed by atoms with Gasteiger partial charge in [0.1, 0.15) is 0 Å². The minimum absolute atomic E-state index is 0.0232. The molecule has 3 heteroatoms. The average molecular weight is 208 g/mol. The highest BCUT2D eigenvalue weighted by atomic mass is 16.5. The summed E-state index contributed by atoms with van der Waals surface area (Å²) >= 11 is 0. The molecule has 1 unspecified atom stereocenters. The monoisotopic (exact) mass is 208 g/mol. The Morgan fingerprint density at radius 2 is 2.20 bits per heavy atom. The minimum atomic E-state index is -0.0232. The molecular formula is C12H20N2O. The maximum absolute atomic E-state index is 6.04. The van der Waals surface area contributed by atoms with E-state index in [-0.39, 0.29) is 12.1 Å². The molecule has 0 aromatic carbocycles. The van der Waals surface area contributed by atoms with E-state index in [9.17, 15) is 0 Å². The molecule has 1 atom stereocenters. The van der Waals surface area contributed by atoms with Crippen molar-refractivity contribution in [3.63, 3.8) is 0 Å². The number of aryl methyl sites for hydroxylation is 1. The summed E-state index contributed by atoms with van der Waals surface area (Å²) in [6.45, 7) is 6.77. The van der Waals surface area contributed by atoms with Gasteiger partial charge in [-0.25, -0.2) is 0 Å². The second-order valence-electron chi connectivity index (χ2n) is 4.02. The number of nitrogens with two attached hydrogens (primary N) is 1. The van der Waals surface area contributed by atoms with Crippen molar-refractivity contribution in [2.45, 2.75) is 39.3 Å². The number of rotatable bonds is 5. The van der Waals surface area contributed by atoms with Crippen molar-refractivity contribution in [3.8, 4) is 0 Å². The average Bonchev–Trinajstić information content (AvgIpc) is 2.17. The van der Waals surface area contributed by atoms with Crippen molar-refractivity contribution in [1.29, 1.82) is 0 Å². The number of pyridine rings is 1. The molecule has 3 nitrogen and oxygen atoms in total. The predicted octanol–water partition coefficient (Wildman–Crippen LogP) is 2.20. The Labute approximate surface area is 91.7 Å². The zero-order valence-electron chi connectivity index (χ0n) is 9.73. The molecule has 2 N–H and O–H groups in total. The molecular weight excluding hydrogens is 188 g/mol. The second kappa shape index (κ2) is 5.83. The number of ether oxygens (including phenoxy) is 1. The van der Waals surface area contributed by atoms with Crippen molar-refractivity contribution < 1.29 is 4.74 Å². The molecule has 1 aromatic rings. The summed E-state index contributed by atoms with van der Waals surface area (Å²) in [5, 5.41) is 0. The summed E-state index contributed by atoms with van der Waals surface area (Å²) in [5.74, 6) is 0. The quantitative estimate of drug-likeness (QED) is 0.807. The highest BCUT2D eigenvalue weighted by Crippen LogP contribution is 2.15. The normalized spacial score (nSPS) is 13.1. The largest absolute Gasteiger partial charge is 0.379 e. The van der Waals surface area contributed by atoms with E-state index in [0.717, 1.165) is 17.7 Å². The van der Waals surface area contributed by atoms with Crippen molar-refractivity contribution >= 4 is 0 Å². The van der Waals surface area contributed by atoms with Gasteiger partial charge >= 0.3 is 0 Å². The van der Waals surface area contributed by atoms with Crippen LogP contribution in [-0.4, -0.2) is 17.7 Å². The lowest BCUT2D eigenvalue weighted by atomic mass is 10.1. The maximum Gasteiger partial charge on any atom is 0.0600 e. The van der Waals surface area contributed by atoms with Gasteiger partial charge < -0.3 is 10.5 Å². The first kappa shape index (κ1) is 12.1. The lowest BCUT2D eigenvalue weighted by Gasteiger charge is -2.14. The maximum atomic E-state index is 6.04. The van der Waals surface area contributed by atoms with E-state index in [1.54, 1.807) is 6.20 Å². The summed E-state index contributed by atoms with van der Waals surface area (Å²) in [6.07, 6.45) is 2.86. The number of nitrogens with zero attached hydrogens (tertiary/aromatic N) is 1. The molecule has 0 fully saturated rings. The first-order chi connectivity index (χ1) is 7.11. The molecule has 1 rings (SSSR count). The highest BCUT2D eigenvalue weighted by molar-refractivity contribution is 5.20. The third-order valence-corrected chi connectivity index (χ3v) is 2.28. The van der Waals surface area contributed by atoms with E-state index in [0.29, 0.717) is 6.61 Å². The third-order valence-electron chi connectivity index (χ3n) is 2.28. The Bertz CT molecular complexity index is 299. The number of hydrogen-bond acceptors (Lipinski definition) is 3. The van der Waals surface area contributed by atoms with Crippen LogP contribution in [0.15, 0.2) is 18.3 Å². The zero-order chi connectivity index (χ0) is 11.3. The van der Waals surface area contributed by atoms with Gasteiger partial charge in [0.25, 0.3) is 0 Å². The first-order valence-electron chi connectivity index (χ1n) is 5.40. The van der Waals surface area contributed by atoms with Gasteiger partial charge in [0.15, 0.2) is 0 Å². The smallest absolute Gasteiger partial charge is 0.0600 e. The molecule has 1 heterocycles. The fraction of sp³-hybridized carbons (Fsp3) is 0.583. The van der Waals surface area contributed by atoms with Gasteiger partial charge in [0.05, 0.1) is 11.8 Å². The van der Waals surface area contributed by atoms with Gasteiger partial charge in [0, 0.05) is 18.8 Å². The molecule has 0 saturated carbocycles. The Balaban J connectivity index is 2.47. The van der Waals surface area contributed by atoms with Gasteiger partial charge in [-0.15, -0.1) is 0 Å². The van der Waals surface area contributed by atoms with Gasteiger partial charge in [-0.3, -0.25) is 4.98 Å². The number of hydrogen-bond donors (Lipinski definition) is 1. The molecule has 1 aromatic heterocycles. The molecule has 15 heavy (non-hydrogen) atoms. The van der Waals surface area contributed by atoms with Crippen molar-refractivity contribution in [2.75, 3.05) is 6.61 Å². The fourth-order valence-corrected chi connectivity index (χ4v) is 1.45. The van der Waals surface area contributed by atoms with Crippen LogP contribution in [0.1, 0.15) is 37.6 Å². The van der Waals surface area contributed by atoms with Crippen LogP contribution in [0.3, 0.4) is 0 Å². The van der Waals surface area contributed by atoms with Gasteiger partial charge in [-0.05, 0) is 38.8 Å². The molecule has 0 spiro atoms. The van der Waals surface area contributed by atoms with Crippen LogP contribution in [0.5, 0.6) is 0 Å². The van der Waals surface area contributed by atoms with Crippen LogP contribution in [0.25, 0.3) is 0 Å². The van der Waals surface area contributed by atoms with Crippen LogP contribution in [0, 0.1) is 6.92 Å². The lowest BCUT2D eigenvalue weighted by molar-refractivity contribution is 0.0734. The Morgan fingerprint density at radius 3 is 2.80 bits per heavy atom. The van der Waals surface area contributed by atoms with Crippen LogP contribution in [0.2, 0.25) is 0 Å². The van der Waals surface area contributed by atoms with Gasteiger partial charge in [-0.1, -0.05) is 6.07 Å². The van der Waals surface area contributed by atoms with Crippen molar-refractivity contribution in [1.82, 2.24) is 4.98 Å². The summed E-state index contributed by atoms with van der Waals surface area (Å²) in [6, 6.07) is 3.94. The fourth-order valence-electron chi connectivity index (χ4n) is 1.45. The molecule has 0 aliphatic rings. The molecule has 0 saturated heterocycles. The summed E-state index contributed by atoms with van der Waals surface area (Å²) in [5.41, 5.74) is 8.16. The molecule has 0 amide bonds. The number of aromatic nitrogens is 1. The van der Waals surface area contributed by atoms with E-state index in [1.807, 2.05) is 32.9 Å². The van der Waals surface area contributed by atoms with E-state index in [4.69, 9.17) is 10.5 Å². The molecule has 0 aliphatic heterocycles.